The van der Waals surface area contributed by atoms with E-state index in [1.165, 1.54) is 11.3 Å². The molecule has 7 heteroatoms. The number of hydrogen-bond acceptors (Lipinski definition) is 4. The number of nitrogens with zero attached hydrogens (tertiary/aromatic N) is 1. The molecule has 0 bridgehead atoms. The van der Waals surface area contributed by atoms with Crippen LogP contribution in [0.25, 0.3) is 0 Å². The van der Waals surface area contributed by atoms with Gasteiger partial charge in [0.1, 0.15) is 0 Å². The standard InChI is InChI=1S/C19H21N3O3S/c1-13-6-2-3-8-15(13)18(24)21-20-17(23)14-7-4-10-22(12-14)19(25)16-9-5-11-26-16/h2-3,5-6,8-9,11,14H,4,7,10,12H2,1H3,(H,20,23)(H,21,24). The number of thiophene rings is 1. The van der Waals surface area contributed by atoms with Gasteiger partial charge in [0, 0.05) is 18.7 Å². The molecule has 6 nitrogen and oxygen atoms in total. The van der Waals surface area contributed by atoms with Gasteiger partial charge in [-0.2, -0.15) is 0 Å². The number of nitrogens with one attached hydrogen (secondary N) is 2. The number of amides is 3. The topological polar surface area (TPSA) is 78.5 Å². The summed E-state index contributed by atoms with van der Waals surface area (Å²) in [6.45, 7) is 2.85. The SMILES string of the molecule is Cc1ccccc1C(=O)NNC(=O)C1CCCN(C(=O)c2cccs2)C1. The third-order valence-corrected chi connectivity index (χ3v) is 5.36. The summed E-state index contributed by atoms with van der Waals surface area (Å²) in [6, 6.07) is 10.8. The Morgan fingerprint density at radius 1 is 1.12 bits per heavy atom. The minimum atomic E-state index is -0.348. The monoisotopic (exact) mass is 371 g/mol. The first-order chi connectivity index (χ1) is 12.6. The first-order valence-corrected chi connectivity index (χ1v) is 9.43. The molecule has 1 aliphatic rings. The molecule has 1 aromatic carbocycles. The van der Waals surface area contributed by atoms with Crippen LogP contribution in [-0.2, 0) is 4.79 Å². The Kier molecular flexibility index (Phi) is 5.68. The minimum Gasteiger partial charge on any atom is -0.337 e. The molecule has 1 unspecified atom stereocenters. The molecule has 1 atom stereocenters. The average Bonchev–Trinajstić information content (AvgIpc) is 3.20. The highest BCUT2D eigenvalue weighted by molar-refractivity contribution is 7.12. The molecule has 1 saturated heterocycles. The van der Waals surface area contributed by atoms with Gasteiger partial charge in [-0.15, -0.1) is 11.3 Å². The highest BCUT2D eigenvalue weighted by Crippen LogP contribution is 2.20. The molecule has 2 N–H and O–H groups in total. The van der Waals surface area contributed by atoms with Crippen LogP contribution in [0.2, 0.25) is 0 Å². The fourth-order valence-corrected chi connectivity index (χ4v) is 3.74. The van der Waals surface area contributed by atoms with Gasteiger partial charge in [0.15, 0.2) is 0 Å². The lowest BCUT2D eigenvalue weighted by atomic mass is 9.97. The Morgan fingerprint density at radius 2 is 1.92 bits per heavy atom. The van der Waals surface area contributed by atoms with Crippen LogP contribution in [0.4, 0.5) is 0 Å². The highest BCUT2D eigenvalue weighted by Gasteiger charge is 2.29. The smallest absolute Gasteiger partial charge is 0.269 e. The van der Waals surface area contributed by atoms with Crippen molar-refractivity contribution >= 4 is 29.1 Å². The zero-order chi connectivity index (χ0) is 18.5. The van der Waals surface area contributed by atoms with E-state index in [2.05, 4.69) is 10.9 Å². The molecular weight excluding hydrogens is 350 g/mol. The summed E-state index contributed by atoms with van der Waals surface area (Å²) in [5.74, 6) is -0.985. The Morgan fingerprint density at radius 3 is 2.65 bits per heavy atom. The Labute approximate surface area is 156 Å². The van der Waals surface area contributed by atoms with E-state index in [-0.39, 0.29) is 23.6 Å². The lowest BCUT2D eigenvalue weighted by Gasteiger charge is -2.31. The van der Waals surface area contributed by atoms with E-state index in [4.69, 9.17) is 0 Å². The summed E-state index contributed by atoms with van der Waals surface area (Å²) >= 11 is 1.40. The molecule has 3 amide bonds. The van der Waals surface area contributed by atoms with Crippen LogP contribution in [0, 0.1) is 12.8 Å². The van der Waals surface area contributed by atoms with Crippen LogP contribution >= 0.6 is 11.3 Å². The van der Waals surface area contributed by atoms with Crippen molar-refractivity contribution < 1.29 is 14.4 Å². The zero-order valence-electron chi connectivity index (χ0n) is 14.5. The van der Waals surface area contributed by atoms with Gasteiger partial charge in [0.25, 0.3) is 11.8 Å². The molecule has 0 aliphatic carbocycles. The molecule has 0 radical (unpaired) electrons. The van der Waals surface area contributed by atoms with Gasteiger partial charge in [0.05, 0.1) is 10.8 Å². The van der Waals surface area contributed by atoms with Crippen LogP contribution in [0.3, 0.4) is 0 Å². The lowest BCUT2D eigenvalue weighted by molar-refractivity contribution is -0.127. The van der Waals surface area contributed by atoms with Gasteiger partial charge < -0.3 is 4.90 Å². The van der Waals surface area contributed by atoms with Gasteiger partial charge >= 0.3 is 0 Å². The maximum atomic E-state index is 12.5. The third kappa shape index (κ3) is 4.11. The summed E-state index contributed by atoms with van der Waals surface area (Å²) in [4.78, 5) is 39.4. The van der Waals surface area contributed by atoms with E-state index in [1.54, 1.807) is 23.1 Å². The largest absolute Gasteiger partial charge is 0.337 e. The number of carbonyl (C=O) groups is 3. The van der Waals surface area contributed by atoms with Crippen molar-refractivity contribution in [1.29, 1.82) is 0 Å². The van der Waals surface area contributed by atoms with Crippen LogP contribution in [0.1, 0.15) is 38.4 Å². The van der Waals surface area contributed by atoms with Gasteiger partial charge in [-0.25, -0.2) is 0 Å². The Bertz CT molecular complexity index is 804. The summed E-state index contributed by atoms with van der Waals surface area (Å²) in [7, 11) is 0. The van der Waals surface area contributed by atoms with E-state index in [9.17, 15) is 14.4 Å². The Hall–Kier alpha value is -2.67. The fraction of sp³-hybridized carbons (Fsp3) is 0.316. The van der Waals surface area contributed by atoms with E-state index in [0.29, 0.717) is 30.0 Å². The van der Waals surface area contributed by atoms with Crippen LogP contribution in [0.15, 0.2) is 41.8 Å². The van der Waals surface area contributed by atoms with Crippen molar-refractivity contribution in [3.63, 3.8) is 0 Å². The molecule has 1 fully saturated rings. The van der Waals surface area contributed by atoms with Crippen molar-refractivity contribution in [2.24, 2.45) is 5.92 Å². The first-order valence-electron chi connectivity index (χ1n) is 8.55. The number of likely N-dealkylation sites (tertiary alicyclic amines) is 1. The highest BCUT2D eigenvalue weighted by atomic mass is 32.1. The molecule has 2 heterocycles. The normalized spacial score (nSPS) is 16.8. The van der Waals surface area contributed by atoms with Crippen LogP contribution in [0.5, 0.6) is 0 Å². The number of carbonyl (C=O) groups excluding carboxylic acids is 3. The number of aryl methyl sites for hydroxylation is 1. The van der Waals surface area contributed by atoms with Gasteiger partial charge in [-0.1, -0.05) is 24.3 Å². The van der Waals surface area contributed by atoms with Gasteiger partial charge in [-0.3, -0.25) is 25.2 Å². The van der Waals surface area contributed by atoms with E-state index in [0.717, 1.165) is 12.0 Å². The zero-order valence-corrected chi connectivity index (χ0v) is 15.3. The second kappa shape index (κ2) is 8.14. The van der Waals surface area contributed by atoms with E-state index >= 15 is 0 Å². The maximum Gasteiger partial charge on any atom is 0.269 e. The molecule has 26 heavy (non-hydrogen) atoms. The quantitative estimate of drug-likeness (QED) is 0.813. The van der Waals surface area contributed by atoms with E-state index in [1.807, 2.05) is 30.5 Å². The third-order valence-electron chi connectivity index (χ3n) is 4.50. The van der Waals surface area contributed by atoms with Crippen molar-refractivity contribution in [1.82, 2.24) is 15.8 Å². The fourth-order valence-electron chi connectivity index (χ4n) is 3.05. The predicted octanol–water partition coefficient (Wildman–Crippen LogP) is 2.37. The van der Waals surface area contributed by atoms with Crippen LogP contribution < -0.4 is 10.9 Å². The molecule has 1 aromatic heterocycles. The summed E-state index contributed by atoms with van der Waals surface area (Å²) in [5.41, 5.74) is 6.32. The van der Waals surface area contributed by atoms with Gasteiger partial charge in [-0.05, 0) is 42.8 Å². The van der Waals surface area contributed by atoms with Crippen molar-refractivity contribution in [2.45, 2.75) is 19.8 Å². The predicted molar refractivity (Wildman–Crippen MR) is 99.7 cm³/mol. The van der Waals surface area contributed by atoms with Crippen molar-refractivity contribution in [3.8, 4) is 0 Å². The first kappa shape index (κ1) is 18.1. The van der Waals surface area contributed by atoms with Crippen molar-refractivity contribution in [2.75, 3.05) is 13.1 Å². The summed E-state index contributed by atoms with van der Waals surface area (Å²) in [5, 5.41) is 1.86. The number of benzene rings is 1. The Balaban J connectivity index is 1.55. The minimum absolute atomic E-state index is 0.0403. The number of piperidine rings is 1. The molecule has 0 saturated carbocycles. The van der Waals surface area contributed by atoms with Gasteiger partial charge in [0.2, 0.25) is 5.91 Å². The second-order valence-electron chi connectivity index (χ2n) is 6.33. The average molecular weight is 371 g/mol. The molecule has 0 spiro atoms. The molecule has 1 aliphatic heterocycles. The van der Waals surface area contributed by atoms with Crippen molar-refractivity contribution in [3.05, 3.63) is 57.8 Å². The molecular formula is C19H21N3O3S. The van der Waals surface area contributed by atoms with E-state index < -0.39 is 0 Å². The second-order valence-corrected chi connectivity index (χ2v) is 7.27. The number of hydrazine groups is 1. The summed E-state index contributed by atoms with van der Waals surface area (Å²) < 4.78 is 0. The number of rotatable bonds is 3. The summed E-state index contributed by atoms with van der Waals surface area (Å²) in [6.07, 6.45) is 1.46. The molecule has 136 valence electrons. The molecule has 3 rings (SSSR count). The number of hydrogen-bond donors (Lipinski definition) is 2. The lowest BCUT2D eigenvalue weighted by Crippen LogP contribution is -2.50. The maximum absolute atomic E-state index is 12.5. The van der Waals surface area contributed by atoms with Crippen LogP contribution in [-0.4, -0.2) is 35.7 Å². The molecule has 2 aromatic rings.